The fraction of sp³-hybridized carbons (Fsp3) is 0.462. The lowest BCUT2D eigenvalue weighted by molar-refractivity contribution is -0.0276. The van der Waals surface area contributed by atoms with Crippen molar-refractivity contribution < 1.29 is 9.13 Å². The third-order valence-corrected chi connectivity index (χ3v) is 3.21. The lowest BCUT2D eigenvalue weighted by atomic mass is 10.0. The maximum atomic E-state index is 13.3. The summed E-state index contributed by atoms with van der Waals surface area (Å²) in [5.74, 6) is -0.325. The number of benzene rings is 1. The fourth-order valence-electron chi connectivity index (χ4n) is 2.20. The normalized spacial score (nSPS) is 18.7. The molecule has 18 heavy (non-hydrogen) atoms. The van der Waals surface area contributed by atoms with E-state index in [1.807, 2.05) is 13.8 Å². The molecule has 1 aromatic rings. The second kappa shape index (κ2) is 4.82. The van der Waals surface area contributed by atoms with Crippen LogP contribution in [0.25, 0.3) is 0 Å². The molecule has 1 fully saturated rings. The van der Waals surface area contributed by atoms with E-state index in [0.29, 0.717) is 12.2 Å². The quantitative estimate of drug-likeness (QED) is 0.833. The largest absolute Gasteiger partial charge is 0.389 e. The van der Waals surface area contributed by atoms with Gasteiger partial charge in [0.2, 0.25) is 0 Å². The summed E-state index contributed by atoms with van der Waals surface area (Å²) in [5, 5.41) is 0. The van der Waals surface area contributed by atoms with Gasteiger partial charge in [-0.3, -0.25) is 0 Å². The first-order chi connectivity index (χ1) is 8.39. The number of hydrogen-bond acceptors (Lipinski definition) is 3. The second-order valence-electron chi connectivity index (χ2n) is 5.06. The Hall–Kier alpha value is -1.20. The zero-order chi connectivity index (χ0) is 13.3. The van der Waals surface area contributed by atoms with Crippen molar-refractivity contribution >= 4 is 22.9 Å². The van der Waals surface area contributed by atoms with Gasteiger partial charge >= 0.3 is 0 Å². The van der Waals surface area contributed by atoms with Crippen LogP contribution in [0.5, 0.6) is 0 Å². The number of anilines is 1. The molecule has 1 heterocycles. The summed E-state index contributed by atoms with van der Waals surface area (Å²) in [6, 6.07) is 4.55. The Bertz CT molecular complexity index is 476. The van der Waals surface area contributed by atoms with Gasteiger partial charge in [0.15, 0.2) is 0 Å². The number of halogens is 1. The number of nitrogens with zero attached hydrogens (tertiary/aromatic N) is 1. The molecule has 0 aromatic heterocycles. The molecule has 1 aromatic carbocycles. The first-order valence-corrected chi connectivity index (χ1v) is 6.28. The summed E-state index contributed by atoms with van der Waals surface area (Å²) in [5.41, 5.74) is 6.90. The van der Waals surface area contributed by atoms with Crippen molar-refractivity contribution in [2.75, 3.05) is 24.6 Å². The van der Waals surface area contributed by atoms with Crippen molar-refractivity contribution in [2.45, 2.75) is 19.4 Å². The number of hydrogen-bond donors (Lipinski definition) is 1. The molecule has 0 saturated carbocycles. The van der Waals surface area contributed by atoms with Crippen LogP contribution in [-0.2, 0) is 4.74 Å². The highest BCUT2D eigenvalue weighted by atomic mass is 32.1. The minimum Gasteiger partial charge on any atom is -0.389 e. The Morgan fingerprint density at radius 2 is 2.22 bits per heavy atom. The van der Waals surface area contributed by atoms with Gasteiger partial charge in [-0.05, 0) is 32.0 Å². The predicted octanol–water partition coefficient (Wildman–Crippen LogP) is 2.08. The third kappa shape index (κ3) is 2.79. The Labute approximate surface area is 112 Å². The minimum absolute atomic E-state index is 0.216. The summed E-state index contributed by atoms with van der Waals surface area (Å²) < 4.78 is 18.9. The van der Waals surface area contributed by atoms with Gasteiger partial charge in [0.1, 0.15) is 10.8 Å². The van der Waals surface area contributed by atoms with E-state index in [1.165, 1.54) is 12.1 Å². The summed E-state index contributed by atoms with van der Waals surface area (Å²) >= 11 is 4.99. The summed E-state index contributed by atoms with van der Waals surface area (Å²) in [4.78, 5) is 2.35. The van der Waals surface area contributed by atoms with Crippen LogP contribution >= 0.6 is 12.2 Å². The molecule has 0 spiro atoms. The second-order valence-corrected chi connectivity index (χ2v) is 5.50. The van der Waals surface area contributed by atoms with Gasteiger partial charge < -0.3 is 15.4 Å². The van der Waals surface area contributed by atoms with Crippen LogP contribution < -0.4 is 10.6 Å². The Balaban J connectivity index is 2.35. The van der Waals surface area contributed by atoms with Crippen LogP contribution in [0, 0.1) is 5.82 Å². The molecular weight excluding hydrogens is 251 g/mol. The number of ether oxygens (including phenoxy) is 1. The van der Waals surface area contributed by atoms with Gasteiger partial charge in [-0.15, -0.1) is 0 Å². The van der Waals surface area contributed by atoms with Crippen molar-refractivity contribution in [1.29, 1.82) is 0 Å². The molecule has 0 bridgehead atoms. The van der Waals surface area contributed by atoms with Crippen LogP contribution in [0.2, 0.25) is 0 Å². The number of morpholine rings is 1. The average molecular weight is 268 g/mol. The van der Waals surface area contributed by atoms with Crippen molar-refractivity contribution in [3.8, 4) is 0 Å². The molecule has 2 N–H and O–H groups in total. The summed E-state index contributed by atoms with van der Waals surface area (Å²) in [7, 11) is 0. The molecular formula is C13H17FN2OS. The zero-order valence-electron chi connectivity index (χ0n) is 10.6. The van der Waals surface area contributed by atoms with E-state index in [0.717, 1.165) is 18.8 Å². The Morgan fingerprint density at radius 3 is 2.83 bits per heavy atom. The number of nitrogens with two attached hydrogens (primary N) is 1. The molecule has 98 valence electrons. The number of thiocarbonyl (C=S) groups is 1. The highest BCUT2D eigenvalue weighted by molar-refractivity contribution is 7.80. The topological polar surface area (TPSA) is 38.5 Å². The van der Waals surface area contributed by atoms with Crippen LogP contribution in [0.3, 0.4) is 0 Å². The van der Waals surface area contributed by atoms with Crippen LogP contribution in [0.4, 0.5) is 10.1 Å². The standard InChI is InChI=1S/C13H17FN2OS/c1-13(2)8-16(5-6-17-13)11-4-3-9(14)7-10(11)12(15)18/h3-4,7H,5-6,8H2,1-2H3,(H2,15,18). The van der Waals surface area contributed by atoms with Gasteiger partial charge in [0, 0.05) is 24.3 Å². The highest BCUT2D eigenvalue weighted by Gasteiger charge is 2.28. The van der Waals surface area contributed by atoms with Crippen LogP contribution in [-0.4, -0.2) is 30.3 Å². The third-order valence-electron chi connectivity index (χ3n) is 2.99. The predicted molar refractivity (Wildman–Crippen MR) is 74.5 cm³/mol. The van der Waals surface area contributed by atoms with Crippen molar-refractivity contribution in [3.05, 3.63) is 29.6 Å². The molecule has 1 aliphatic heterocycles. The Morgan fingerprint density at radius 1 is 1.50 bits per heavy atom. The first kappa shape index (κ1) is 13.2. The van der Waals surface area contributed by atoms with E-state index in [4.69, 9.17) is 22.7 Å². The van der Waals surface area contributed by atoms with Gasteiger partial charge in [-0.25, -0.2) is 4.39 Å². The van der Waals surface area contributed by atoms with Crippen molar-refractivity contribution in [2.24, 2.45) is 5.73 Å². The van der Waals surface area contributed by atoms with E-state index in [2.05, 4.69) is 4.90 Å². The molecule has 0 atom stereocenters. The SMILES string of the molecule is CC1(C)CN(c2ccc(F)cc2C(N)=S)CCO1. The van der Waals surface area contributed by atoms with Crippen molar-refractivity contribution in [3.63, 3.8) is 0 Å². The smallest absolute Gasteiger partial charge is 0.124 e. The monoisotopic (exact) mass is 268 g/mol. The maximum absolute atomic E-state index is 13.3. The van der Waals surface area contributed by atoms with E-state index in [9.17, 15) is 4.39 Å². The zero-order valence-corrected chi connectivity index (χ0v) is 11.4. The summed E-state index contributed by atoms with van der Waals surface area (Å²) in [6.07, 6.45) is 0. The molecule has 0 radical (unpaired) electrons. The van der Waals surface area contributed by atoms with Crippen molar-refractivity contribution in [1.82, 2.24) is 0 Å². The van der Waals surface area contributed by atoms with Gasteiger partial charge in [-0.2, -0.15) is 0 Å². The molecule has 0 unspecified atom stereocenters. The van der Waals surface area contributed by atoms with Gasteiger partial charge in [0.05, 0.1) is 12.2 Å². The first-order valence-electron chi connectivity index (χ1n) is 5.87. The molecule has 0 aliphatic carbocycles. The highest BCUT2D eigenvalue weighted by Crippen LogP contribution is 2.27. The lowest BCUT2D eigenvalue weighted by Gasteiger charge is -2.40. The molecule has 5 heteroatoms. The molecule has 3 nitrogen and oxygen atoms in total. The van der Waals surface area contributed by atoms with Gasteiger partial charge in [0.25, 0.3) is 0 Å². The van der Waals surface area contributed by atoms with Crippen LogP contribution in [0.1, 0.15) is 19.4 Å². The van der Waals surface area contributed by atoms with E-state index < -0.39 is 0 Å². The van der Waals surface area contributed by atoms with Gasteiger partial charge in [-0.1, -0.05) is 12.2 Å². The molecule has 2 rings (SSSR count). The number of rotatable bonds is 2. The minimum atomic E-state index is -0.325. The van der Waals surface area contributed by atoms with Crippen LogP contribution in [0.15, 0.2) is 18.2 Å². The Kier molecular flexibility index (Phi) is 3.54. The molecule has 1 aliphatic rings. The maximum Gasteiger partial charge on any atom is 0.124 e. The molecule has 1 saturated heterocycles. The lowest BCUT2D eigenvalue weighted by Crippen LogP contribution is -2.48. The summed E-state index contributed by atoms with van der Waals surface area (Å²) in [6.45, 7) is 6.19. The van der Waals surface area contributed by atoms with E-state index >= 15 is 0 Å². The van der Waals surface area contributed by atoms with E-state index in [1.54, 1.807) is 6.07 Å². The average Bonchev–Trinajstić information content (AvgIpc) is 2.27. The fourth-order valence-corrected chi connectivity index (χ4v) is 2.37. The van der Waals surface area contributed by atoms with E-state index in [-0.39, 0.29) is 16.4 Å². The molecule has 0 amide bonds.